The lowest BCUT2D eigenvalue weighted by molar-refractivity contribution is -0.123. The Morgan fingerprint density at radius 3 is 2.54 bits per heavy atom. The molecule has 1 amide bonds. The number of para-hydroxylation sites is 1. The van der Waals surface area contributed by atoms with Crippen LogP contribution in [0, 0.1) is 0 Å². The van der Waals surface area contributed by atoms with Crippen molar-refractivity contribution >= 4 is 12.1 Å². The van der Waals surface area contributed by atoms with Gasteiger partial charge >= 0.3 is 0 Å². The highest BCUT2D eigenvalue weighted by Gasteiger charge is 2.04. The maximum Gasteiger partial charge on any atom is 0.277 e. The van der Waals surface area contributed by atoms with E-state index in [1.165, 1.54) is 5.56 Å². The van der Waals surface area contributed by atoms with E-state index < -0.39 is 0 Å². The van der Waals surface area contributed by atoms with E-state index in [9.17, 15) is 4.79 Å². The fourth-order valence-electron chi connectivity index (χ4n) is 2.23. The molecule has 0 aliphatic rings. The molecule has 0 saturated carbocycles. The van der Waals surface area contributed by atoms with Crippen molar-refractivity contribution in [3.05, 3.63) is 59.7 Å². The third kappa shape index (κ3) is 6.24. The lowest BCUT2D eigenvalue weighted by Crippen LogP contribution is -2.24. The third-order valence-electron chi connectivity index (χ3n) is 3.69. The van der Waals surface area contributed by atoms with Crippen molar-refractivity contribution in [3.8, 4) is 11.5 Å². The van der Waals surface area contributed by atoms with Crippen LogP contribution in [0.15, 0.2) is 53.6 Å². The molecule has 5 heteroatoms. The van der Waals surface area contributed by atoms with Crippen molar-refractivity contribution < 1.29 is 14.3 Å². The Morgan fingerprint density at radius 1 is 1.12 bits per heavy atom. The molecule has 0 atom stereocenters. The summed E-state index contributed by atoms with van der Waals surface area (Å²) in [6.07, 6.45) is 2.50. The van der Waals surface area contributed by atoms with Gasteiger partial charge in [-0.3, -0.25) is 4.79 Å². The Bertz CT molecular complexity index is 724. The van der Waals surface area contributed by atoms with Gasteiger partial charge < -0.3 is 9.47 Å². The first kappa shape index (κ1) is 19.5. The first-order valence-electron chi connectivity index (χ1n) is 8.86. The Hall–Kier alpha value is -2.82. The summed E-state index contributed by atoms with van der Waals surface area (Å²) in [7, 11) is 0. The van der Waals surface area contributed by atoms with Crippen LogP contribution in [0.2, 0.25) is 0 Å². The fraction of sp³-hybridized carbons (Fsp3) is 0.333. The molecule has 0 radical (unpaired) electrons. The minimum absolute atomic E-state index is 0.0909. The van der Waals surface area contributed by atoms with Crippen molar-refractivity contribution in [2.45, 2.75) is 33.1 Å². The molecular weight excluding hydrogens is 328 g/mol. The van der Waals surface area contributed by atoms with E-state index >= 15 is 0 Å². The average molecular weight is 354 g/mol. The molecule has 0 unspecified atom stereocenters. The van der Waals surface area contributed by atoms with Gasteiger partial charge in [-0.15, -0.1) is 0 Å². The number of nitrogens with zero attached hydrogens (tertiary/aromatic N) is 1. The first-order chi connectivity index (χ1) is 12.6. The summed E-state index contributed by atoms with van der Waals surface area (Å²) in [6.45, 7) is 6.86. The van der Waals surface area contributed by atoms with Crippen LogP contribution in [-0.2, 0) is 4.79 Å². The number of carbonyl (C=O) groups is 1. The molecule has 5 nitrogen and oxygen atoms in total. The van der Waals surface area contributed by atoms with Crippen LogP contribution >= 0.6 is 0 Å². The molecule has 0 fully saturated rings. The molecule has 0 saturated heterocycles. The zero-order valence-electron chi connectivity index (χ0n) is 15.6. The summed E-state index contributed by atoms with van der Waals surface area (Å²) in [5, 5.41) is 3.98. The second-order valence-electron chi connectivity index (χ2n) is 6.19. The van der Waals surface area contributed by atoms with Gasteiger partial charge in [0.25, 0.3) is 5.91 Å². The van der Waals surface area contributed by atoms with Crippen LogP contribution in [0.5, 0.6) is 11.5 Å². The van der Waals surface area contributed by atoms with E-state index in [1.54, 1.807) is 6.21 Å². The minimum Gasteiger partial charge on any atom is -0.493 e. The lowest BCUT2D eigenvalue weighted by Gasteiger charge is -2.08. The standard InChI is InChI=1S/C21H26N2O3/c1-4-13-25-20-8-6-5-7-18(20)14-22-23-21(24)15-26-19-11-9-17(10-12-19)16(2)3/h5-12,14,16H,4,13,15H2,1-3H3,(H,23,24)/b22-14-. The van der Waals surface area contributed by atoms with Crippen LogP contribution in [0.4, 0.5) is 0 Å². The van der Waals surface area contributed by atoms with Gasteiger partial charge in [0.2, 0.25) is 0 Å². The fourth-order valence-corrected chi connectivity index (χ4v) is 2.23. The maximum absolute atomic E-state index is 11.9. The van der Waals surface area contributed by atoms with Crippen molar-refractivity contribution in [3.63, 3.8) is 0 Å². The average Bonchev–Trinajstić information content (AvgIpc) is 2.66. The quantitative estimate of drug-likeness (QED) is 0.544. The minimum atomic E-state index is -0.318. The number of ether oxygens (including phenoxy) is 2. The molecule has 2 rings (SSSR count). The highest BCUT2D eigenvalue weighted by atomic mass is 16.5. The molecule has 2 aromatic carbocycles. The van der Waals surface area contributed by atoms with Gasteiger partial charge in [-0.1, -0.05) is 45.0 Å². The zero-order chi connectivity index (χ0) is 18.8. The predicted molar refractivity (Wildman–Crippen MR) is 104 cm³/mol. The second-order valence-corrected chi connectivity index (χ2v) is 6.19. The van der Waals surface area contributed by atoms with Crippen LogP contribution in [0.3, 0.4) is 0 Å². The van der Waals surface area contributed by atoms with E-state index in [4.69, 9.17) is 9.47 Å². The van der Waals surface area contributed by atoms with Crippen LogP contribution in [0.25, 0.3) is 0 Å². The highest BCUT2D eigenvalue weighted by Crippen LogP contribution is 2.18. The Balaban J connectivity index is 1.82. The van der Waals surface area contributed by atoms with Crippen molar-refractivity contribution in [1.29, 1.82) is 0 Å². The molecule has 2 aromatic rings. The van der Waals surface area contributed by atoms with E-state index in [0.717, 1.165) is 17.7 Å². The summed E-state index contributed by atoms with van der Waals surface area (Å²) >= 11 is 0. The SMILES string of the molecule is CCCOc1ccccc1/C=N\NC(=O)COc1ccc(C(C)C)cc1. The summed E-state index contributed by atoms with van der Waals surface area (Å²) in [5.74, 6) is 1.55. The molecule has 0 aliphatic heterocycles. The van der Waals surface area contributed by atoms with Crippen LogP contribution in [-0.4, -0.2) is 25.3 Å². The predicted octanol–water partition coefficient (Wildman–Crippen LogP) is 4.13. The van der Waals surface area contributed by atoms with Gasteiger partial charge in [0.1, 0.15) is 11.5 Å². The number of rotatable bonds is 9. The van der Waals surface area contributed by atoms with Gasteiger partial charge in [-0.05, 0) is 42.2 Å². The topological polar surface area (TPSA) is 59.9 Å². The van der Waals surface area contributed by atoms with Gasteiger partial charge in [-0.25, -0.2) is 5.43 Å². The number of hydrogen-bond acceptors (Lipinski definition) is 4. The van der Waals surface area contributed by atoms with Crippen molar-refractivity contribution in [2.24, 2.45) is 5.10 Å². The summed E-state index contributed by atoms with van der Waals surface area (Å²) < 4.78 is 11.1. The van der Waals surface area contributed by atoms with Gasteiger partial charge in [0.15, 0.2) is 6.61 Å². The largest absolute Gasteiger partial charge is 0.493 e. The summed E-state index contributed by atoms with van der Waals surface area (Å²) in [6, 6.07) is 15.3. The van der Waals surface area contributed by atoms with E-state index in [-0.39, 0.29) is 12.5 Å². The van der Waals surface area contributed by atoms with E-state index in [1.807, 2.05) is 55.5 Å². The molecule has 0 aromatic heterocycles. The van der Waals surface area contributed by atoms with Gasteiger partial charge in [0, 0.05) is 5.56 Å². The van der Waals surface area contributed by atoms with Crippen molar-refractivity contribution in [2.75, 3.05) is 13.2 Å². The first-order valence-corrected chi connectivity index (χ1v) is 8.86. The van der Waals surface area contributed by atoms with Crippen LogP contribution < -0.4 is 14.9 Å². The third-order valence-corrected chi connectivity index (χ3v) is 3.69. The molecule has 138 valence electrons. The van der Waals surface area contributed by atoms with E-state index in [2.05, 4.69) is 24.4 Å². The second kappa shape index (κ2) is 10.2. The molecular formula is C21H26N2O3. The molecule has 0 aliphatic carbocycles. The lowest BCUT2D eigenvalue weighted by atomic mass is 10.0. The smallest absolute Gasteiger partial charge is 0.277 e. The monoisotopic (exact) mass is 354 g/mol. The number of nitrogens with one attached hydrogen (secondary N) is 1. The Morgan fingerprint density at radius 2 is 1.85 bits per heavy atom. The Kier molecular flexibility index (Phi) is 7.68. The highest BCUT2D eigenvalue weighted by molar-refractivity contribution is 5.85. The molecule has 1 N–H and O–H groups in total. The van der Waals surface area contributed by atoms with Gasteiger partial charge in [0.05, 0.1) is 12.8 Å². The molecule has 0 spiro atoms. The molecule has 0 bridgehead atoms. The van der Waals surface area contributed by atoms with E-state index in [0.29, 0.717) is 18.3 Å². The number of hydrazone groups is 1. The number of carbonyl (C=O) groups excluding carboxylic acids is 1. The van der Waals surface area contributed by atoms with Crippen molar-refractivity contribution in [1.82, 2.24) is 5.43 Å². The van der Waals surface area contributed by atoms with Gasteiger partial charge in [-0.2, -0.15) is 5.10 Å². The Labute approximate surface area is 155 Å². The number of benzene rings is 2. The normalized spacial score (nSPS) is 10.9. The summed E-state index contributed by atoms with van der Waals surface area (Å²) in [4.78, 5) is 11.9. The molecule has 26 heavy (non-hydrogen) atoms. The zero-order valence-corrected chi connectivity index (χ0v) is 15.6. The van der Waals surface area contributed by atoms with Crippen LogP contribution in [0.1, 0.15) is 44.2 Å². The number of amides is 1. The number of hydrogen-bond donors (Lipinski definition) is 1. The molecule has 0 heterocycles. The maximum atomic E-state index is 11.9. The summed E-state index contributed by atoms with van der Waals surface area (Å²) in [5.41, 5.74) is 4.51.